The van der Waals surface area contributed by atoms with Crippen LogP contribution in [0.15, 0.2) is 36.5 Å². The zero-order chi connectivity index (χ0) is 13.2. The third-order valence-corrected chi connectivity index (χ3v) is 3.71. The zero-order valence-electron chi connectivity index (χ0n) is 10.9. The van der Waals surface area contributed by atoms with Gasteiger partial charge in [-0.1, -0.05) is 25.1 Å². The number of anilines is 1. The monoisotopic (exact) mass is 255 g/mol. The minimum Gasteiger partial charge on any atom is -0.324 e. The van der Waals surface area contributed by atoms with E-state index in [-0.39, 0.29) is 11.8 Å². The van der Waals surface area contributed by atoms with Crippen molar-refractivity contribution in [2.24, 2.45) is 11.8 Å². The average molecular weight is 255 g/mol. The van der Waals surface area contributed by atoms with Crippen LogP contribution in [0.1, 0.15) is 6.92 Å². The van der Waals surface area contributed by atoms with Crippen molar-refractivity contribution in [2.75, 3.05) is 18.4 Å². The second-order valence-corrected chi connectivity index (χ2v) is 5.15. The van der Waals surface area contributed by atoms with Gasteiger partial charge in [0.2, 0.25) is 5.91 Å². The Morgan fingerprint density at radius 3 is 3.00 bits per heavy atom. The molecule has 2 heterocycles. The molecule has 2 aromatic rings. The van der Waals surface area contributed by atoms with Crippen molar-refractivity contribution in [1.29, 1.82) is 0 Å². The van der Waals surface area contributed by atoms with Crippen LogP contribution in [-0.2, 0) is 4.79 Å². The quantitative estimate of drug-likeness (QED) is 0.863. The summed E-state index contributed by atoms with van der Waals surface area (Å²) in [5, 5.41) is 7.25. The van der Waals surface area contributed by atoms with Gasteiger partial charge in [-0.05, 0) is 24.6 Å². The Hall–Kier alpha value is -1.94. The summed E-state index contributed by atoms with van der Waals surface area (Å²) in [5.74, 6) is 0.509. The van der Waals surface area contributed by atoms with E-state index in [1.54, 1.807) is 6.20 Å². The predicted molar refractivity (Wildman–Crippen MR) is 75.9 cm³/mol. The molecular formula is C15H17N3O. The molecule has 0 spiro atoms. The maximum absolute atomic E-state index is 12.2. The molecule has 1 aliphatic heterocycles. The lowest BCUT2D eigenvalue weighted by molar-refractivity contribution is -0.120. The molecule has 1 aromatic carbocycles. The lowest BCUT2D eigenvalue weighted by atomic mass is 9.97. The average Bonchev–Trinajstić information content (AvgIpc) is 2.85. The number of hydrogen-bond donors (Lipinski definition) is 2. The molecule has 0 unspecified atom stereocenters. The smallest absolute Gasteiger partial charge is 0.229 e. The fourth-order valence-corrected chi connectivity index (χ4v) is 2.54. The van der Waals surface area contributed by atoms with Gasteiger partial charge in [0.05, 0.1) is 23.3 Å². The number of benzene rings is 1. The third-order valence-electron chi connectivity index (χ3n) is 3.71. The number of rotatable bonds is 2. The largest absolute Gasteiger partial charge is 0.324 e. The highest BCUT2D eigenvalue weighted by Crippen LogP contribution is 2.20. The van der Waals surface area contributed by atoms with Gasteiger partial charge in [-0.15, -0.1) is 0 Å². The van der Waals surface area contributed by atoms with Crippen molar-refractivity contribution in [3.8, 4) is 0 Å². The number of carbonyl (C=O) groups excluding carboxylic acids is 1. The Bertz CT molecular complexity index is 611. The summed E-state index contributed by atoms with van der Waals surface area (Å²) in [4.78, 5) is 16.5. The molecule has 1 saturated heterocycles. The van der Waals surface area contributed by atoms with Gasteiger partial charge in [0.15, 0.2) is 0 Å². The first-order chi connectivity index (χ1) is 9.24. The van der Waals surface area contributed by atoms with E-state index in [9.17, 15) is 4.79 Å². The molecule has 1 amide bonds. The van der Waals surface area contributed by atoms with E-state index in [1.165, 1.54) is 0 Å². The lowest BCUT2D eigenvalue weighted by Crippen LogP contribution is -2.27. The Morgan fingerprint density at radius 1 is 1.37 bits per heavy atom. The van der Waals surface area contributed by atoms with Gasteiger partial charge in [0.25, 0.3) is 0 Å². The first kappa shape index (κ1) is 12.1. The number of pyridine rings is 1. The SMILES string of the molecule is C[C@@H]1CNC[C@H]1C(=O)Nc1cnc2ccccc2c1. The van der Waals surface area contributed by atoms with Crippen molar-refractivity contribution in [3.63, 3.8) is 0 Å². The molecule has 98 valence electrons. The molecule has 0 aliphatic carbocycles. The molecule has 2 N–H and O–H groups in total. The summed E-state index contributed by atoms with van der Waals surface area (Å²) in [6, 6.07) is 9.85. The number of nitrogens with one attached hydrogen (secondary N) is 2. The first-order valence-electron chi connectivity index (χ1n) is 6.60. The summed E-state index contributed by atoms with van der Waals surface area (Å²) in [6.45, 7) is 3.77. The van der Waals surface area contributed by atoms with Gasteiger partial charge >= 0.3 is 0 Å². The second kappa shape index (κ2) is 4.97. The zero-order valence-corrected chi connectivity index (χ0v) is 10.9. The normalized spacial score (nSPS) is 22.6. The molecule has 4 heteroatoms. The van der Waals surface area contributed by atoms with E-state index < -0.39 is 0 Å². The molecule has 3 rings (SSSR count). The lowest BCUT2D eigenvalue weighted by Gasteiger charge is -2.14. The summed E-state index contributed by atoms with van der Waals surface area (Å²) in [6.07, 6.45) is 1.72. The van der Waals surface area contributed by atoms with Crippen LogP contribution in [-0.4, -0.2) is 24.0 Å². The topological polar surface area (TPSA) is 54.0 Å². The Morgan fingerprint density at radius 2 is 2.21 bits per heavy atom. The number of amides is 1. The minimum atomic E-state index is 0.0477. The highest BCUT2D eigenvalue weighted by atomic mass is 16.1. The molecule has 1 aromatic heterocycles. The van der Waals surface area contributed by atoms with Crippen LogP contribution < -0.4 is 10.6 Å². The van der Waals surface area contributed by atoms with Gasteiger partial charge < -0.3 is 10.6 Å². The van der Waals surface area contributed by atoms with E-state index in [1.807, 2.05) is 30.3 Å². The standard InChI is InChI=1S/C15H17N3O/c1-10-7-16-9-13(10)15(19)18-12-6-11-4-2-3-5-14(11)17-8-12/h2-6,8,10,13,16H,7,9H2,1H3,(H,18,19)/t10-,13-/m1/s1. The van der Waals surface area contributed by atoms with Crippen molar-refractivity contribution in [3.05, 3.63) is 36.5 Å². The Labute approximate surface area is 112 Å². The molecule has 0 radical (unpaired) electrons. The van der Waals surface area contributed by atoms with E-state index in [2.05, 4.69) is 22.5 Å². The van der Waals surface area contributed by atoms with Crippen LogP contribution in [0.25, 0.3) is 10.9 Å². The predicted octanol–water partition coefficient (Wildman–Crippen LogP) is 2.03. The maximum atomic E-state index is 12.2. The van der Waals surface area contributed by atoms with Crippen molar-refractivity contribution in [1.82, 2.24) is 10.3 Å². The van der Waals surface area contributed by atoms with E-state index >= 15 is 0 Å². The van der Waals surface area contributed by atoms with Gasteiger partial charge in [-0.3, -0.25) is 9.78 Å². The molecule has 4 nitrogen and oxygen atoms in total. The number of fused-ring (bicyclic) bond motifs is 1. The third kappa shape index (κ3) is 2.44. The highest BCUT2D eigenvalue weighted by molar-refractivity contribution is 5.94. The molecular weight excluding hydrogens is 238 g/mol. The van der Waals surface area contributed by atoms with Crippen LogP contribution in [0.5, 0.6) is 0 Å². The second-order valence-electron chi connectivity index (χ2n) is 5.15. The first-order valence-corrected chi connectivity index (χ1v) is 6.60. The Balaban J connectivity index is 1.79. The number of aromatic nitrogens is 1. The summed E-state index contributed by atoms with van der Waals surface area (Å²) < 4.78 is 0. The fraction of sp³-hybridized carbons (Fsp3) is 0.333. The number of nitrogens with zero attached hydrogens (tertiary/aromatic N) is 1. The number of hydrogen-bond acceptors (Lipinski definition) is 3. The minimum absolute atomic E-state index is 0.0477. The van der Waals surface area contributed by atoms with Crippen LogP contribution >= 0.6 is 0 Å². The Kier molecular flexibility index (Phi) is 3.17. The molecule has 1 fully saturated rings. The maximum Gasteiger partial charge on any atom is 0.229 e. The van der Waals surface area contributed by atoms with Crippen LogP contribution in [0, 0.1) is 11.8 Å². The molecule has 19 heavy (non-hydrogen) atoms. The van der Waals surface area contributed by atoms with Gasteiger partial charge in [0, 0.05) is 11.9 Å². The summed E-state index contributed by atoms with van der Waals surface area (Å²) >= 11 is 0. The van der Waals surface area contributed by atoms with Crippen molar-refractivity contribution in [2.45, 2.75) is 6.92 Å². The van der Waals surface area contributed by atoms with Gasteiger partial charge in [-0.2, -0.15) is 0 Å². The number of para-hydroxylation sites is 1. The van der Waals surface area contributed by atoms with E-state index in [0.29, 0.717) is 5.92 Å². The van der Waals surface area contributed by atoms with Crippen molar-refractivity contribution >= 4 is 22.5 Å². The number of carbonyl (C=O) groups is 1. The van der Waals surface area contributed by atoms with Gasteiger partial charge in [0.1, 0.15) is 0 Å². The van der Waals surface area contributed by atoms with Crippen LogP contribution in [0.4, 0.5) is 5.69 Å². The summed E-state index contributed by atoms with van der Waals surface area (Å²) in [7, 11) is 0. The molecule has 0 bridgehead atoms. The fourth-order valence-electron chi connectivity index (χ4n) is 2.54. The van der Waals surface area contributed by atoms with E-state index in [0.717, 1.165) is 29.7 Å². The van der Waals surface area contributed by atoms with E-state index in [4.69, 9.17) is 0 Å². The summed E-state index contributed by atoms with van der Waals surface area (Å²) in [5.41, 5.74) is 1.71. The molecule has 0 saturated carbocycles. The van der Waals surface area contributed by atoms with Crippen LogP contribution in [0.3, 0.4) is 0 Å². The molecule has 2 atom stereocenters. The van der Waals surface area contributed by atoms with Crippen molar-refractivity contribution < 1.29 is 4.79 Å². The van der Waals surface area contributed by atoms with Crippen LogP contribution in [0.2, 0.25) is 0 Å². The highest BCUT2D eigenvalue weighted by Gasteiger charge is 2.29. The molecule has 1 aliphatic rings. The van der Waals surface area contributed by atoms with Gasteiger partial charge in [-0.25, -0.2) is 0 Å².